The van der Waals surface area contributed by atoms with E-state index in [0.717, 1.165) is 0 Å². The molecule has 2 rings (SSSR count). The third kappa shape index (κ3) is 6.73. The largest absolute Gasteiger partial charge is 0.297 e. The molecule has 0 aliphatic heterocycles. The van der Waals surface area contributed by atoms with Gasteiger partial charge in [0, 0.05) is 0 Å². The highest BCUT2D eigenvalue weighted by Crippen LogP contribution is 2.19. The van der Waals surface area contributed by atoms with Gasteiger partial charge in [-0.3, -0.25) is 8.37 Å². The lowest BCUT2D eigenvalue weighted by molar-refractivity contribution is 0.187. The standard InChI is InChI=1S/C19H24O6S2/c1-16(24-26(20,21)18-12-5-3-6-13-18)10-9-11-17(2)25-27(22,23)19-14-7-4-8-15-19/h3-8,12-17H,9-11H2,1-2H3/t16-,17-/m0/s1. The van der Waals surface area contributed by atoms with Gasteiger partial charge in [-0.25, -0.2) is 0 Å². The van der Waals surface area contributed by atoms with Crippen molar-refractivity contribution in [2.24, 2.45) is 0 Å². The molecule has 8 heteroatoms. The molecular weight excluding hydrogens is 388 g/mol. The minimum Gasteiger partial charge on any atom is -0.263 e. The zero-order chi connectivity index (χ0) is 19.9. The van der Waals surface area contributed by atoms with Crippen molar-refractivity contribution in [3.8, 4) is 0 Å². The summed E-state index contributed by atoms with van der Waals surface area (Å²) in [5.41, 5.74) is 0. The third-order valence-electron chi connectivity index (χ3n) is 3.87. The Labute approximate surface area is 161 Å². The highest BCUT2D eigenvalue weighted by molar-refractivity contribution is 7.87. The summed E-state index contributed by atoms with van der Waals surface area (Å²) in [6.07, 6.45) is 0.453. The molecule has 27 heavy (non-hydrogen) atoms. The second-order valence-electron chi connectivity index (χ2n) is 6.28. The molecule has 2 atom stereocenters. The van der Waals surface area contributed by atoms with Gasteiger partial charge in [-0.1, -0.05) is 36.4 Å². The van der Waals surface area contributed by atoms with Crippen molar-refractivity contribution in [3.63, 3.8) is 0 Å². The lowest BCUT2D eigenvalue weighted by atomic mass is 10.1. The predicted octanol–water partition coefficient (Wildman–Crippen LogP) is 3.74. The van der Waals surface area contributed by atoms with Gasteiger partial charge >= 0.3 is 0 Å². The molecule has 0 fully saturated rings. The Morgan fingerprint density at radius 3 is 1.33 bits per heavy atom. The van der Waals surface area contributed by atoms with Gasteiger partial charge in [0.25, 0.3) is 20.2 Å². The van der Waals surface area contributed by atoms with E-state index in [1.807, 2.05) is 0 Å². The van der Waals surface area contributed by atoms with E-state index in [2.05, 4.69) is 0 Å². The van der Waals surface area contributed by atoms with E-state index in [0.29, 0.717) is 19.3 Å². The quantitative estimate of drug-likeness (QED) is 0.553. The molecule has 0 unspecified atom stereocenters. The fourth-order valence-electron chi connectivity index (χ4n) is 2.51. The number of rotatable bonds is 10. The third-order valence-corrected chi connectivity index (χ3v) is 6.73. The number of benzene rings is 2. The molecule has 6 nitrogen and oxygen atoms in total. The molecule has 0 bridgehead atoms. The Balaban J connectivity index is 1.80. The topological polar surface area (TPSA) is 86.7 Å². The molecule has 2 aromatic carbocycles. The minimum atomic E-state index is -3.80. The molecule has 0 aliphatic rings. The Morgan fingerprint density at radius 1 is 0.667 bits per heavy atom. The van der Waals surface area contributed by atoms with Gasteiger partial charge in [-0.15, -0.1) is 0 Å². The molecule has 0 aromatic heterocycles. The molecule has 0 radical (unpaired) electrons. The number of hydrogen-bond donors (Lipinski definition) is 0. The van der Waals surface area contributed by atoms with E-state index in [1.54, 1.807) is 50.2 Å². The Hall–Kier alpha value is -1.74. The summed E-state index contributed by atoms with van der Waals surface area (Å²) in [5.74, 6) is 0. The zero-order valence-electron chi connectivity index (χ0n) is 15.3. The van der Waals surface area contributed by atoms with Crippen LogP contribution in [0.1, 0.15) is 33.1 Å². The lowest BCUT2D eigenvalue weighted by Crippen LogP contribution is -2.18. The van der Waals surface area contributed by atoms with Gasteiger partial charge < -0.3 is 0 Å². The molecule has 0 aliphatic carbocycles. The van der Waals surface area contributed by atoms with E-state index in [9.17, 15) is 16.8 Å². The first-order chi connectivity index (χ1) is 12.7. The summed E-state index contributed by atoms with van der Waals surface area (Å²) in [6, 6.07) is 15.9. The van der Waals surface area contributed by atoms with Crippen molar-refractivity contribution in [2.45, 2.75) is 55.1 Å². The average molecular weight is 413 g/mol. The second kappa shape index (κ2) is 9.45. The minimum absolute atomic E-state index is 0.113. The van der Waals surface area contributed by atoms with Crippen LogP contribution in [0.3, 0.4) is 0 Å². The van der Waals surface area contributed by atoms with Crippen LogP contribution in [0.5, 0.6) is 0 Å². The van der Waals surface area contributed by atoms with Crippen molar-refractivity contribution in [2.75, 3.05) is 0 Å². The van der Waals surface area contributed by atoms with E-state index >= 15 is 0 Å². The predicted molar refractivity (Wildman–Crippen MR) is 102 cm³/mol. The van der Waals surface area contributed by atoms with Crippen molar-refractivity contribution in [1.29, 1.82) is 0 Å². The molecule has 0 N–H and O–H groups in total. The van der Waals surface area contributed by atoms with Crippen LogP contribution in [-0.4, -0.2) is 29.0 Å². The van der Waals surface area contributed by atoms with Gasteiger partial charge in [0.1, 0.15) is 0 Å². The van der Waals surface area contributed by atoms with Crippen LogP contribution in [0.15, 0.2) is 70.5 Å². The fourth-order valence-corrected chi connectivity index (χ4v) is 4.77. The molecule has 0 saturated carbocycles. The van der Waals surface area contributed by atoms with E-state index < -0.39 is 32.4 Å². The lowest BCUT2D eigenvalue weighted by Gasteiger charge is -2.15. The van der Waals surface area contributed by atoms with Crippen LogP contribution >= 0.6 is 0 Å². The molecule has 0 heterocycles. The summed E-state index contributed by atoms with van der Waals surface area (Å²) in [5, 5.41) is 0. The maximum atomic E-state index is 12.2. The molecule has 0 spiro atoms. The molecule has 0 amide bonds. The Kier molecular flexibility index (Phi) is 7.55. The average Bonchev–Trinajstić information content (AvgIpc) is 2.62. The summed E-state index contributed by atoms with van der Waals surface area (Å²) >= 11 is 0. The van der Waals surface area contributed by atoms with E-state index in [4.69, 9.17) is 8.37 Å². The SMILES string of the molecule is C[C@@H](CCC[C@H](C)OS(=O)(=O)c1ccccc1)OS(=O)(=O)c1ccccc1. The van der Waals surface area contributed by atoms with Crippen molar-refractivity contribution in [3.05, 3.63) is 60.7 Å². The molecule has 2 aromatic rings. The summed E-state index contributed by atoms with van der Waals surface area (Å²) < 4.78 is 59.0. The van der Waals surface area contributed by atoms with Crippen molar-refractivity contribution in [1.82, 2.24) is 0 Å². The first-order valence-corrected chi connectivity index (χ1v) is 11.5. The number of hydrogen-bond acceptors (Lipinski definition) is 6. The summed E-state index contributed by atoms with van der Waals surface area (Å²) in [6.45, 7) is 3.35. The zero-order valence-corrected chi connectivity index (χ0v) is 16.9. The van der Waals surface area contributed by atoms with Crippen LogP contribution in [0.25, 0.3) is 0 Å². The van der Waals surface area contributed by atoms with Crippen LogP contribution in [0.4, 0.5) is 0 Å². The highest BCUT2D eigenvalue weighted by atomic mass is 32.2. The summed E-state index contributed by atoms with van der Waals surface area (Å²) in [4.78, 5) is 0.227. The van der Waals surface area contributed by atoms with Crippen molar-refractivity contribution >= 4 is 20.2 Å². The molecule has 0 saturated heterocycles. The Bertz CT molecular complexity index is 832. The highest BCUT2D eigenvalue weighted by Gasteiger charge is 2.21. The summed E-state index contributed by atoms with van der Waals surface area (Å²) in [7, 11) is -7.60. The second-order valence-corrected chi connectivity index (χ2v) is 9.42. The molecular formula is C19H24O6S2. The van der Waals surface area contributed by atoms with Gasteiger partial charge in [-0.2, -0.15) is 16.8 Å². The van der Waals surface area contributed by atoms with Gasteiger partial charge in [0.15, 0.2) is 0 Å². The van der Waals surface area contributed by atoms with Crippen LogP contribution in [-0.2, 0) is 28.6 Å². The molecule has 148 valence electrons. The van der Waals surface area contributed by atoms with Crippen molar-refractivity contribution < 1.29 is 25.2 Å². The smallest absolute Gasteiger partial charge is 0.263 e. The normalized spacial score (nSPS) is 14.6. The maximum absolute atomic E-state index is 12.2. The van der Waals surface area contributed by atoms with Gasteiger partial charge in [0.2, 0.25) is 0 Å². The van der Waals surface area contributed by atoms with Gasteiger partial charge in [-0.05, 0) is 57.4 Å². The maximum Gasteiger partial charge on any atom is 0.297 e. The van der Waals surface area contributed by atoms with Crippen LogP contribution < -0.4 is 0 Å². The first kappa shape index (κ1) is 21.6. The first-order valence-electron chi connectivity index (χ1n) is 8.67. The monoisotopic (exact) mass is 412 g/mol. The van der Waals surface area contributed by atoms with E-state index in [1.165, 1.54) is 24.3 Å². The fraction of sp³-hybridized carbons (Fsp3) is 0.368. The van der Waals surface area contributed by atoms with Crippen LogP contribution in [0.2, 0.25) is 0 Å². The van der Waals surface area contributed by atoms with E-state index in [-0.39, 0.29) is 9.79 Å². The van der Waals surface area contributed by atoms with Crippen LogP contribution in [0, 0.1) is 0 Å². The Morgan fingerprint density at radius 2 is 1.00 bits per heavy atom. The van der Waals surface area contributed by atoms with Gasteiger partial charge in [0.05, 0.1) is 22.0 Å².